The van der Waals surface area contributed by atoms with Crippen LogP contribution in [0.3, 0.4) is 0 Å². The highest BCUT2D eigenvalue weighted by molar-refractivity contribution is 6.11. The van der Waals surface area contributed by atoms with Gasteiger partial charge in [0.15, 0.2) is 17.5 Å². The van der Waals surface area contributed by atoms with Crippen LogP contribution in [-0.2, 0) is 5.41 Å². The molecule has 0 bridgehead atoms. The van der Waals surface area contributed by atoms with E-state index in [4.69, 9.17) is 15.0 Å². The molecule has 0 N–H and O–H groups in total. The topological polar surface area (TPSA) is 43.6 Å². The molecule has 4 nitrogen and oxygen atoms in total. The molecule has 10 rings (SSSR count). The minimum Gasteiger partial charge on any atom is -0.309 e. The maximum Gasteiger partial charge on any atom is 0.164 e. The summed E-state index contributed by atoms with van der Waals surface area (Å²) in [5.41, 5.74) is 14.0. The van der Waals surface area contributed by atoms with Crippen molar-refractivity contribution in [2.24, 2.45) is 0 Å². The number of fused-ring (bicyclic) bond motifs is 6. The minimum absolute atomic E-state index is 0.117. The van der Waals surface area contributed by atoms with Crippen LogP contribution in [0.25, 0.3) is 83.9 Å². The van der Waals surface area contributed by atoms with Gasteiger partial charge in [0, 0.05) is 38.6 Å². The van der Waals surface area contributed by atoms with E-state index in [1.165, 1.54) is 38.8 Å². The van der Waals surface area contributed by atoms with Gasteiger partial charge >= 0.3 is 0 Å². The Bertz CT molecular complexity index is 2740. The second kappa shape index (κ2) is 11.7. The van der Waals surface area contributed by atoms with E-state index in [-0.39, 0.29) is 5.41 Å². The number of hydrogen-bond acceptors (Lipinski definition) is 3. The summed E-state index contributed by atoms with van der Waals surface area (Å²) in [4.78, 5) is 15.1. The Morgan fingerprint density at radius 3 is 1.52 bits per heavy atom. The van der Waals surface area contributed by atoms with Crippen molar-refractivity contribution < 1.29 is 0 Å². The Labute approximate surface area is 302 Å². The summed E-state index contributed by atoms with van der Waals surface area (Å²) in [7, 11) is 0. The van der Waals surface area contributed by atoms with Gasteiger partial charge < -0.3 is 4.57 Å². The smallest absolute Gasteiger partial charge is 0.164 e. The van der Waals surface area contributed by atoms with Crippen molar-refractivity contribution in [3.63, 3.8) is 0 Å². The fourth-order valence-corrected chi connectivity index (χ4v) is 8.21. The van der Waals surface area contributed by atoms with E-state index in [0.717, 1.165) is 38.8 Å². The third-order valence-electron chi connectivity index (χ3n) is 10.6. The van der Waals surface area contributed by atoms with Gasteiger partial charge in [0.1, 0.15) is 0 Å². The lowest BCUT2D eigenvalue weighted by Gasteiger charge is -2.24. The normalized spacial score (nSPS) is 13.0. The van der Waals surface area contributed by atoms with Gasteiger partial charge in [-0.3, -0.25) is 0 Å². The molecule has 246 valence electrons. The predicted molar refractivity (Wildman–Crippen MR) is 213 cm³/mol. The van der Waals surface area contributed by atoms with E-state index >= 15 is 0 Å². The maximum atomic E-state index is 5.06. The third-order valence-corrected chi connectivity index (χ3v) is 10.6. The highest BCUT2D eigenvalue weighted by Crippen LogP contribution is 2.52. The van der Waals surface area contributed by atoms with E-state index in [2.05, 4.69) is 128 Å². The summed E-state index contributed by atoms with van der Waals surface area (Å²) in [6, 6.07) is 60.1. The Hall–Kier alpha value is -6.65. The van der Waals surface area contributed by atoms with Gasteiger partial charge in [-0.1, -0.05) is 141 Å². The highest BCUT2D eigenvalue weighted by Gasteiger charge is 2.37. The van der Waals surface area contributed by atoms with E-state index < -0.39 is 0 Å². The van der Waals surface area contributed by atoms with E-state index in [1.807, 2.05) is 60.7 Å². The van der Waals surface area contributed by atoms with Crippen LogP contribution in [-0.4, -0.2) is 19.5 Å². The van der Waals surface area contributed by atoms with Crippen LogP contribution in [0.1, 0.15) is 25.0 Å². The van der Waals surface area contributed by atoms with Crippen molar-refractivity contribution in [1.29, 1.82) is 0 Å². The van der Waals surface area contributed by atoms with Crippen molar-refractivity contribution in [2.45, 2.75) is 19.3 Å². The minimum atomic E-state index is -0.117. The number of rotatable bonds is 5. The summed E-state index contributed by atoms with van der Waals surface area (Å²) in [5.74, 6) is 1.95. The quantitative estimate of drug-likeness (QED) is 0.184. The molecule has 0 saturated heterocycles. The zero-order valence-electron chi connectivity index (χ0n) is 29.0. The lowest BCUT2D eigenvalue weighted by molar-refractivity contribution is 0.662. The molecular formula is C48H34N4. The monoisotopic (exact) mass is 666 g/mol. The SMILES string of the molecule is CC1(C)c2ccccc2-c2cccc(-c3ccc4c(c3)c3cc(-c5nc(-c6ccccc6)nc(-c6ccccc6)n5)ccc3n4-c3ccccc3)c21. The first kappa shape index (κ1) is 30.2. The molecule has 0 unspecified atom stereocenters. The van der Waals surface area contributed by atoms with E-state index in [9.17, 15) is 0 Å². The first-order valence-electron chi connectivity index (χ1n) is 17.8. The average Bonchev–Trinajstić information content (AvgIpc) is 3.66. The van der Waals surface area contributed by atoms with Crippen molar-refractivity contribution in [3.05, 3.63) is 181 Å². The number of benzene rings is 7. The standard InChI is InChI=1S/C48H34N4/c1-48(2)41-24-13-12-21-37(41)38-23-14-22-36(44(38)48)33-25-27-42-39(29-33)40-30-34(26-28-43(40)52(42)35-19-10-5-11-20-35)47-50-45(31-15-6-3-7-16-31)49-46(51-47)32-17-8-4-9-18-32/h3-30H,1-2H3. The van der Waals surface area contributed by atoms with Gasteiger partial charge in [-0.05, 0) is 75.8 Å². The number of aromatic nitrogens is 4. The maximum absolute atomic E-state index is 5.06. The van der Waals surface area contributed by atoms with Crippen LogP contribution >= 0.6 is 0 Å². The first-order chi connectivity index (χ1) is 25.5. The third kappa shape index (κ3) is 4.72. The van der Waals surface area contributed by atoms with Gasteiger partial charge in [0.25, 0.3) is 0 Å². The molecule has 0 saturated carbocycles. The van der Waals surface area contributed by atoms with Gasteiger partial charge in [0.2, 0.25) is 0 Å². The molecule has 2 heterocycles. The molecule has 0 fully saturated rings. The number of hydrogen-bond donors (Lipinski definition) is 0. The lowest BCUT2D eigenvalue weighted by atomic mass is 9.79. The summed E-state index contributed by atoms with van der Waals surface area (Å²) < 4.78 is 2.37. The second-order valence-corrected chi connectivity index (χ2v) is 14.1. The molecule has 7 aromatic carbocycles. The van der Waals surface area contributed by atoms with E-state index in [1.54, 1.807) is 0 Å². The van der Waals surface area contributed by atoms with Crippen molar-refractivity contribution in [3.8, 4) is 62.1 Å². The fourth-order valence-electron chi connectivity index (χ4n) is 8.21. The highest BCUT2D eigenvalue weighted by atomic mass is 15.0. The molecule has 0 aliphatic heterocycles. The molecule has 1 aliphatic carbocycles. The zero-order chi connectivity index (χ0) is 34.8. The largest absolute Gasteiger partial charge is 0.309 e. The predicted octanol–water partition coefficient (Wildman–Crippen LogP) is 11.9. The second-order valence-electron chi connectivity index (χ2n) is 14.1. The number of para-hydroxylation sites is 1. The molecule has 0 spiro atoms. The molecule has 0 radical (unpaired) electrons. The Morgan fingerprint density at radius 2 is 0.885 bits per heavy atom. The molecule has 52 heavy (non-hydrogen) atoms. The Morgan fingerprint density at radius 1 is 0.404 bits per heavy atom. The van der Waals surface area contributed by atoms with Crippen LogP contribution in [0.15, 0.2) is 170 Å². The summed E-state index contributed by atoms with van der Waals surface area (Å²) in [6.07, 6.45) is 0. The van der Waals surface area contributed by atoms with Gasteiger partial charge in [-0.2, -0.15) is 0 Å². The summed E-state index contributed by atoms with van der Waals surface area (Å²) in [6.45, 7) is 4.71. The Kier molecular flexibility index (Phi) is 6.80. The zero-order valence-corrected chi connectivity index (χ0v) is 29.0. The molecule has 2 aromatic heterocycles. The average molecular weight is 667 g/mol. The van der Waals surface area contributed by atoms with Crippen molar-refractivity contribution in [2.75, 3.05) is 0 Å². The molecule has 0 atom stereocenters. The molecule has 0 amide bonds. The van der Waals surface area contributed by atoms with Crippen LogP contribution in [0.5, 0.6) is 0 Å². The first-order valence-corrected chi connectivity index (χ1v) is 17.8. The number of nitrogens with zero attached hydrogens (tertiary/aromatic N) is 4. The molecular weight excluding hydrogens is 633 g/mol. The summed E-state index contributed by atoms with van der Waals surface area (Å²) in [5, 5.41) is 2.33. The van der Waals surface area contributed by atoms with Crippen LogP contribution in [0.4, 0.5) is 0 Å². The van der Waals surface area contributed by atoms with Crippen molar-refractivity contribution in [1.82, 2.24) is 19.5 Å². The fraction of sp³-hybridized carbons (Fsp3) is 0.0625. The van der Waals surface area contributed by atoms with Gasteiger partial charge in [-0.15, -0.1) is 0 Å². The summed E-state index contributed by atoms with van der Waals surface area (Å²) >= 11 is 0. The van der Waals surface area contributed by atoms with Crippen LogP contribution < -0.4 is 0 Å². The molecule has 9 aromatic rings. The van der Waals surface area contributed by atoms with Gasteiger partial charge in [-0.25, -0.2) is 15.0 Å². The lowest BCUT2D eigenvalue weighted by Crippen LogP contribution is -2.16. The molecule has 1 aliphatic rings. The molecule has 4 heteroatoms. The van der Waals surface area contributed by atoms with Crippen LogP contribution in [0.2, 0.25) is 0 Å². The van der Waals surface area contributed by atoms with E-state index in [0.29, 0.717) is 17.5 Å². The van der Waals surface area contributed by atoms with Crippen LogP contribution in [0, 0.1) is 0 Å². The Balaban J connectivity index is 1.21. The van der Waals surface area contributed by atoms with Crippen molar-refractivity contribution >= 4 is 21.8 Å². The van der Waals surface area contributed by atoms with Gasteiger partial charge in [0.05, 0.1) is 11.0 Å².